The Morgan fingerprint density at radius 2 is 1.77 bits per heavy atom. The first-order valence-corrected chi connectivity index (χ1v) is 11.6. The van der Waals surface area contributed by atoms with Gasteiger partial charge >= 0.3 is 5.97 Å². The van der Waals surface area contributed by atoms with Gasteiger partial charge < -0.3 is 9.47 Å². The van der Waals surface area contributed by atoms with Gasteiger partial charge in [0.2, 0.25) is 0 Å². The summed E-state index contributed by atoms with van der Waals surface area (Å²) in [5.41, 5.74) is 2.94. The summed E-state index contributed by atoms with van der Waals surface area (Å²) in [4.78, 5) is 25.1. The van der Waals surface area contributed by atoms with E-state index in [-0.39, 0.29) is 29.0 Å². The molecule has 1 aromatic rings. The molecule has 0 aliphatic carbocycles. The first-order chi connectivity index (χ1) is 14.0. The number of hydrogen-bond acceptors (Lipinski definition) is 5. The standard InChI is InChI=1S/C25H36O4S/c1-9-25(10-2,21-14-17(4)22(30-21)23(27)28-8)18-11-12-19(16(3)13-18)29-15-20(26)24(5,6)7/h11-13,21H,9-10,14-15H2,1-8H3. The second kappa shape index (κ2) is 9.59. The summed E-state index contributed by atoms with van der Waals surface area (Å²) in [5.74, 6) is 0.604. The van der Waals surface area contributed by atoms with E-state index in [2.05, 4.69) is 26.0 Å². The summed E-state index contributed by atoms with van der Waals surface area (Å²) < 4.78 is 10.8. The van der Waals surface area contributed by atoms with E-state index in [1.165, 1.54) is 12.7 Å². The maximum atomic E-state index is 12.2. The maximum Gasteiger partial charge on any atom is 0.344 e. The Morgan fingerprint density at radius 3 is 2.27 bits per heavy atom. The Bertz CT molecular complexity index is 828. The third-order valence-electron chi connectivity index (χ3n) is 6.33. The number of rotatable bonds is 8. The van der Waals surface area contributed by atoms with Crippen molar-refractivity contribution in [1.29, 1.82) is 0 Å². The highest BCUT2D eigenvalue weighted by molar-refractivity contribution is 8.04. The van der Waals surface area contributed by atoms with Crippen molar-refractivity contribution in [3.8, 4) is 5.75 Å². The number of carbonyl (C=O) groups excluding carboxylic acids is 2. The monoisotopic (exact) mass is 432 g/mol. The first-order valence-electron chi connectivity index (χ1n) is 10.7. The van der Waals surface area contributed by atoms with Crippen molar-refractivity contribution in [3.63, 3.8) is 0 Å². The van der Waals surface area contributed by atoms with E-state index < -0.39 is 5.41 Å². The van der Waals surface area contributed by atoms with E-state index in [1.54, 1.807) is 11.8 Å². The van der Waals surface area contributed by atoms with E-state index in [9.17, 15) is 9.59 Å². The SMILES string of the molecule is CCC(CC)(c1ccc(OCC(=O)C(C)(C)C)c(C)c1)C1CC(C)=C(C(=O)OC)S1. The zero-order chi connectivity index (χ0) is 22.7. The van der Waals surface area contributed by atoms with Crippen LogP contribution in [-0.4, -0.2) is 30.7 Å². The van der Waals surface area contributed by atoms with E-state index in [1.807, 2.05) is 40.7 Å². The van der Waals surface area contributed by atoms with Crippen molar-refractivity contribution < 1.29 is 19.1 Å². The number of aryl methyl sites for hydroxylation is 1. The number of ether oxygens (including phenoxy) is 2. The molecule has 0 bridgehead atoms. The molecule has 2 rings (SSSR count). The molecule has 0 saturated carbocycles. The minimum Gasteiger partial charge on any atom is -0.486 e. The smallest absolute Gasteiger partial charge is 0.344 e. The molecular weight excluding hydrogens is 396 g/mol. The van der Waals surface area contributed by atoms with Gasteiger partial charge in [0.15, 0.2) is 5.78 Å². The summed E-state index contributed by atoms with van der Waals surface area (Å²) in [6.07, 6.45) is 2.84. The van der Waals surface area contributed by atoms with Gasteiger partial charge in [-0.1, -0.05) is 52.3 Å². The fraction of sp³-hybridized carbons (Fsp3) is 0.600. The van der Waals surface area contributed by atoms with Gasteiger partial charge in [0, 0.05) is 16.1 Å². The van der Waals surface area contributed by atoms with Gasteiger partial charge in [0.05, 0.1) is 12.0 Å². The Morgan fingerprint density at radius 1 is 1.13 bits per heavy atom. The second-order valence-electron chi connectivity index (χ2n) is 9.22. The quantitative estimate of drug-likeness (QED) is 0.472. The molecule has 0 N–H and O–H groups in total. The van der Waals surface area contributed by atoms with Gasteiger partial charge in [-0.3, -0.25) is 4.79 Å². The Hall–Kier alpha value is -1.75. The summed E-state index contributed by atoms with van der Waals surface area (Å²) in [6, 6.07) is 6.31. The number of benzene rings is 1. The van der Waals surface area contributed by atoms with Crippen LogP contribution in [0.3, 0.4) is 0 Å². The van der Waals surface area contributed by atoms with E-state index in [4.69, 9.17) is 9.47 Å². The summed E-state index contributed by atoms with van der Waals surface area (Å²) in [7, 11) is 1.44. The highest BCUT2D eigenvalue weighted by atomic mass is 32.2. The zero-order valence-electron chi connectivity index (χ0n) is 19.7. The van der Waals surface area contributed by atoms with Crippen LogP contribution in [0.25, 0.3) is 0 Å². The zero-order valence-corrected chi connectivity index (χ0v) is 20.5. The fourth-order valence-corrected chi connectivity index (χ4v) is 5.84. The van der Waals surface area contributed by atoms with E-state index >= 15 is 0 Å². The van der Waals surface area contributed by atoms with Crippen LogP contribution in [0.1, 0.15) is 71.9 Å². The summed E-state index contributed by atoms with van der Waals surface area (Å²) >= 11 is 1.66. The molecule has 4 nitrogen and oxygen atoms in total. The number of hydrogen-bond donors (Lipinski definition) is 0. The van der Waals surface area contributed by atoms with Gasteiger partial charge in [-0.2, -0.15) is 0 Å². The molecule has 1 aliphatic heterocycles. The van der Waals surface area contributed by atoms with Crippen LogP contribution in [0.4, 0.5) is 0 Å². The minimum atomic E-state index is -0.407. The predicted molar refractivity (Wildman–Crippen MR) is 124 cm³/mol. The molecule has 0 amide bonds. The van der Waals surface area contributed by atoms with Crippen LogP contribution >= 0.6 is 11.8 Å². The van der Waals surface area contributed by atoms with Crippen LogP contribution in [0.5, 0.6) is 5.75 Å². The highest BCUT2D eigenvalue weighted by Crippen LogP contribution is 2.51. The lowest BCUT2D eigenvalue weighted by atomic mass is 9.71. The molecule has 0 saturated heterocycles. The second-order valence-corrected chi connectivity index (χ2v) is 10.4. The molecule has 0 spiro atoms. The minimum absolute atomic E-state index is 0.0494. The number of esters is 1. The first kappa shape index (κ1) is 24.5. The third kappa shape index (κ3) is 4.93. The predicted octanol–water partition coefficient (Wildman–Crippen LogP) is 6.00. The highest BCUT2D eigenvalue weighted by Gasteiger charge is 2.43. The lowest BCUT2D eigenvalue weighted by Gasteiger charge is -2.38. The van der Waals surface area contributed by atoms with Gasteiger partial charge in [-0.05, 0) is 50.3 Å². The summed E-state index contributed by atoms with van der Waals surface area (Å²) in [6.45, 7) is 14.3. The summed E-state index contributed by atoms with van der Waals surface area (Å²) in [5, 5.41) is 0.287. The fourth-order valence-electron chi connectivity index (χ4n) is 4.06. The average molecular weight is 433 g/mol. The van der Waals surface area contributed by atoms with Gasteiger partial charge in [-0.25, -0.2) is 4.79 Å². The van der Waals surface area contributed by atoms with Gasteiger partial charge in [-0.15, -0.1) is 11.8 Å². The van der Waals surface area contributed by atoms with Crippen molar-refractivity contribution in [1.82, 2.24) is 0 Å². The third-order valence-corrected chi connectivity index (χ3v) is 7.99. The number of ketones is 1. The van der Waals surface area contributed by atoms with Crippen molar-refractivity contribution in [3.05, 3.63) is 39.8 Å². The van der Waals surface area contributed by atoms with Gasteiger partial charge in [0.1, 0.15) is 12.4 Å². The van der Waals surface area contributed by atoms with Gasteiger partial charge in [0.25, 0.3) is 0 Å². The lowest BCUT2D eigenvalue weighted by Crippen LogP contribution is -2.36. The van der Waals surface area contributed by atoms with E-state index in [0.29, 0.717) is 0 Å². The van der Waals surface area contributed by atoms with Crippen molar-refractivity contribution >= 4 is 23.5 Å². The Labute approximate surface area is 185 Å². The maximum absolute atomic E-state index is 12.2. The molecule has 1 atom stereocenters. The molecule has 1 aliphatic rings. The van der Waals surface area contributed by atoms with Crippen LogP contribution in [0, 0.1) is 12.3 Å². The largest absolute Gasteiger partial charge is 0.486 e. The molecule has 1 unspecified atom stereocenters. The number of allylic oxidation sites excluding steroid dienone is 1. The van der Waals surface area contributed by atoms with Crippen LogP contribution < -0.4 is 4.74 Å². The molecule has 1 aromatic carbocycles. The average Bonchev–Trinajstić information content (AvgIpc) is 3.09. The molecule has 1 heterocycles. The Kier molecular flexibility index (Phi) is 7.84. The number of carbonyl (C=O) groups is 2. The van der Waals surface area contributed by atoms with Crippen LogP contribution in [0.2, 0.25) is 0 Å². The molecular formula is C25H36O4S. The van der Waals surface area contributed by atoms with Crippen molar-refractivity contribution in [2.24, 2.45) is 5.41 Å². The van der Waals surface area contributed by atoms with Crippen molar-refractivity contribution in [2.75, 3.05) is 13.7 Å². The molecule has 5 heteroatoms. The van der Waals surface area contributed by atoms with Crippen LogP contribution in [-0.2, 0) is 19.7 Å². The number of thioether (sulfide) groups is 1. The topological polar surface area (TPSA) is 52.6 Å². The molecule has 30 heavy (non-hydrogen) atoms. The molecule has 0 radical (unpaired) electrons. The molecule has 0 aromatic heterocycles. The normalized spacial score (nSPS) is 17.3. The Balaban J connectivity index is 2.27. The number of methoxy groups -OCH3 is 1. The molecule has 0 fully saturated rings. The van der Waals surface area contributed by atoms with Crippen molar-refractivity contribution in [2.45, 2.75) is 78.4 Å². The van der Waals surface area contributed by atoms with Crippen LogP contribution in [0.15, 0.2) is 28.7 Å². The molecule has 166 valence electrons. The number of Topliss-reactive ketones (excluding diaryl/α,β-unsaturated/α-hetero) is 1. The van der Waals surface area contributed by atoms with E-state index in [0.717, 1.165) is 41.1 Å². The lowest BCUT2D eigenvalue weighted by molar-refractivity contribution is -0.135.